The number of benzene rings is 1. The van der Waals surface area contributed by atoms with E-state index < -0.39 is 0 Å². The van der Waals surface area contributed by atoms with Crippen molar-refractivity contribution in [2.45, 2.75) is 13.3 Å². The van der Waals surface area contributed by atoms with Crippen LogP contribution < -0.4 is 10.1 Å². The van der Waals surface area contributed by atoms with Crippen LogP contribution >= 0.6 is 0 Å². The number of anilines is 2. The van der Waals surface area contributed by atoms with E-state index in [2.05, 4.69) is 32.3 Å². The molecule has 0 saturated heterocycles. The molecular weight excluding hydrogens is 316 g/mol. The second kappa shape index (κ2) is 6.56. The largest absolute Gasteiger partial charge is 0.439 e. The smallest absolute Gasteiger partial charge is 0.254 e. The summed E-state index contributed by atoms with van der Waals surface area (Å²) in [6.07, 6.45) is 4.01. The molecule has 3 heterocycles. The summed E-state index contributed by atoms with van der Waals surface area (Å²) < 4.78 is 7.45. The van der Waals surface area contributed by atoms with Gasteiger partial charge in [-0.1, -0.05) is 19.1 Å². The summed E-state index contributed by atoms with van der Waals surface area (Å²) >= 11 is 0. The van der Waals surface area contributed by atoms with Crippen LogP contribution in [0.1, 0.15) is 12.6 Å². The van der Waals surface area contributed by atoms with Crippen molar-refractivity contribution < 1.29 is 4.74 Å². The van der Waals surface area contributed by atoms with E-state index in [1.54, 1.807) is 10.7 Å². The van der Waals surface area contributed by atoms with Crippen molar-refractivity contribution >= 4 is 17.3 Å². The molecule has 0 amide bonds. The summed E-state index contributed by atoms with van der Waals surface area (Å²) in [5.74, 6) is 2.62. The van der Waals surface area contributed by atoms with E-state index in [1.807, 2.05) is 48.5 Å². The SMILES string of the molecule is CCc1cc(Nc2cccc(Oc3ccccn3)c2)n2ncnc2n1. The first-order valence-electron chi connectivity index (χ1n) is 7.97. The zero-order chi connectivity index (χ0) is 17.1. The minimum Gasteiger partial charge on any atom is -0.439 e. The number of pyridine rings is 1. The molecule has 4 rings (SSSR count). The maximum atomic E-state index is 5.78. The lowest BCUT2D eigenvalue weighted by Gasteiger charge is -2.11. The van der Waals surface area contributed by atoms with Crippen LogP contribution in [0.3, 0.4) is 0 Å². The van der Waals surface area contributed by atoms with E-state index >= 15 is 0 Å². The first kappa shape index (κ1) is 15.1. The molecule has 0 atom stereocenters. The van der Waals surface area contributed by atoms with Gasteiger partial charge in [0.15, 0.2) is 0 Å². The van der Waals surface area contributed by atoms with Crippen LogP contribution in [0.25, 0.3) is 5.78 Å². The van der Waals surface area contributed by atoms with E-state index in [1.165, 1.54) is 6.33 Å². The van der Waals surface area contributed by atoms with Crippen LogP contribution in [0.2, 0.25) is 0 Å². The lowest BCUT2D eigenvalue weighted by molar-refractivity contribution is 0.463. The molecular formula is C18H16N6O. The molecule has 0 aliphatic carbocycles. The Morgan fingerprint density at radius 3 is 2.88 bits per heavy atom. The minimum absolute atomic E-state index is 0.551. The zero-order valence-electron chi connectivity index (χ0n) is 13.6. The number of aryl methyl sites for hydroxylation is 1. The number of hydrogen-bond acceptors (Lipinski definition) is 6. The van der Waals surface area contributed by atoms with Crippen LogP contribution in [-0.2, 0) is 6.42 Å². The van der Waals surface area contributed by atoms with Gasteiger partial charge in [-0.15, -0.1) is 0 Å². The second-order valence-corrected chi connectivity index (χ2v) is 5.38. The molecule has 4 aromatic rings. The molecule has 0 saturated carbocycles. The Morgan fingerprint density at radius 1 is 1.08 bits per heavy atom. The van der Waals surface area contributed by atoms with Crippen LogP contribution in [0.4, 0.5) is 11.5 Å². The van der Waals surface area contributed by atoms with Gasteiger partial charge in [-0.05, 0) is 24.6 Å². The Morgan fingerprint density at radius 2 is 2.04 bits per heavy atom. The fraction of sp³-hybridized carbons (Fsp3) is 0.111. The summed E-state index contributed by atoms with van der Waals surface area (Å²) in [7, 11) is 0. The molecule has 1 aromatic carbocycles. The number of ether oxygens (including phenoxy) is 1. The average Bonchev–Trinajstić information content (AvgIpc) is 3.12. The van der Waals surface area contributed by atoms with E-state index in [9.17, 15) is 0 Å². The molecule has 0 fully saturated rings. The highest BCUT2D eigenvalue weighted by molar-refractivity contribution is 5.60. The first-order valence-corrected chi connectivity index (χ1v) is 7.97. The standard InChI is InChI=1S/C18H16N6O/c1-2-13-11-16(24-18(23-13)20-12-21-24)22-14-6-5-7-15(10-14)25-17-8-3-4-9-19-17/h3-12,22H,2H2,1H3. The number of rotatable bonds is 5. The summed E-state index contributed by atoms with van der Waals surface area (Å²) in [6, 6.07) is 15.2. The first-order chi connectivity index (χ1) is 12.3. The molecule has 3 aromatic heterocycles. The summed E-state index contributed by atoms with van der Waals surface area (Å²) in [4.78, 5) is 12.8. The van der Waals surface area contributed by atoms with E-state index in [4.69, 9.17) is 4.74 Å². The Kier molecular flexibility index (Phi) is 3.96. The summed E-state index contributed by atoms with van der Waals surface area (Å²) in [5.41, 5.74) is 1.82. The Labute approximate surface area is 144 Å². The van der Waals surface area contributed by atoms with E-state index in [0.717, 1.165) is 23.6 Å². The van der Waals surface area contributed by atoms with Gasteiger partial charge in [0.05, 0.1) is 0 Å². The van der Waals surface area contributed by atoms with Crippen molar-refractivity contribution in [3.63, 3.8) is 0 Å². The van der Waals surface area contributed by atoms with Gasteiger partial charge < -0.3 is 10.1 Å². The predicted molar refractivity (Wildman–Crippen MR) is 94.2 cm³/mol. The summed E-state index contributed by atoms with van der Waals surface area (Å²) in [6.45, 7) is 2.06. The van der Waals surface area contributed by atoms with Crippen LogP contribution in [0.15, 0.2) is 61.1 Å². The molecule has 0 spiro atoms. The molecule has 0 unspecified atom stereocenters. The third kappa shape index (κ3) is 3.25. The molecule has 7 nitrogen and oxygen atoms in total. The van der Waals surface area contributed by atoms with Gasteiger partial charge >= 0.3 is 0 Å². The van der Waals surface area contributed by atoms with Crippen molar-refractivity contribution in [1.82, 2.24) is 24.6 Å². The number of aromatic nitrogens is 5. The van der Waals surface area contributed by atoms with Gasteiger partial charge in [0, 0.05) is 35.8 Å². The zero-order valence-corrected chi connectivity index (χ0v) is 13.6. The highest BCUT2D eigenvalue weighted by Gasteiger charge is 2.08. The number of nitrogens with zero attached hydrogens (tertiary/aromatic N) is 5. The molecule has 0 radical (unpaired) electrons. The fourth-order valence-corrected chi connectivity index (χ4v) is 2.44. The normalized spacial score (nSPS) is 10.8. The average molecular weight is 332 g/mol. The molecule has 1 N–H and O–H groups in total. The van der Waals surface area contributed by atoms with Gasteiger partial charge in [0.2, 0.25) is 5.88 Å². The maximum absolute atomic E-state index is 5.78. The minimum atomic E-state index is 0.551. The summed E-state index contributed by atoms with van der Waals surface area (Å²) in [5, 5.41) is 7.57. The molecule has 0 bridgehead atoms. The lowest BCUT2D eigenvalue weighted by atomic mass is 10.3. The Balaban J connectivity index is 1.63. The van der Waals surface area contributed by atoms with Crippen LogP contribution in [0, 0.1) is 0 Å². The fourth-order valence-electron chi connectivity index (χ4n) is 2.44. The van der Waals surface area contributed by atoms with Gasteiger partial charge in [-0.3, -0.25) is 0 Å². The van der Waals surface area contributed by atoms with Crippen LogP contribution in [0.5, 0.6) is 11.6 Å². The van der Waals surface area contributed by atoms with Crippen LogP contribution in [-0.4, -0.2) is 24.6 Å². The highest BCUT2D eigenvalue weighted by atomic mass is 16.5. The molecule has 25 heavy (non-hydrogen) atoms. The molecule has 124 valence electrons. The third-order valence-corrected chi connectivity index (χ3v) is 3.63. The Bertz CT molecular complexity index is 999. The topological polar surface area (TPSA) is 77.2 Å². The van der Waals surface area contributed by atoms with Gasteiger partial charge in [-0.2, -0.15) is 14.6 Å². The highest BCUT2D eigenvalue weighted by Crippen LogP contribution is 2.25. The van der Waals surface area contributed by atoms with Gasteiger partial charge in [0.1, 0.15) is 17.9 Å². The van der Waals surface area contributed by atoms with Gasteiger partial charge in [0.25, 0.3) is 5.78 Å². The van der Waals surface area contributed by atoms with E-state index in [0.29, 0.717) is 17.4 Å². The van der Waals surface area contributed by atoms with E-state index in [-0.39, 0.29) is 0 Å². The van der Waals surface area contributed by atoms with Crippen molar-refractivity contribution in [3.05, 3.63) is 66.7 Å². The number of hydrogen-bond donors (Lipinski definition) is 1. The number of fused-ring (bicyclic) bond motifs is 1. The van der Waals surface area contributed by atoms with Crippen molar-refractivity contribution in [1.29, 1.82) is 0 Å². The molecule has 0 aliphatic rings. The monoisotopic (exact) mass is 332 g/mol. The predicted octanol–water partition coefficient (Wildman–Crippen LogP) is 3.62. The van der Waals surface area contributed by atoms with Gasteiger partial charge in [-0.25, -0.2) is 9.97 Å². The van der Waals surface area contributed by atoms with Crippen molar-refractivity contribution in [2.24, 2.45) is 0 Å². The quantitative estimate of drug-likeness (QED) is 0.601. The molecule has 0 aliphatic heterocycles. The Hall–Kier alpha value is -3.48. The maximum Gasteiger partial charge on any atom is 0.254 e. The number of nitrogens with one attached hydrogen (secondary N) is 1. The lowest BCUT2D eigenvalue weighted by Crippen LogP contribution is -2.03. The third-order valence-electron chi connectivity index (χ3n) is 3.63. The molecule has 7 heteroatoms. The second-order valence-electron chi connectivity index (χ2n) is 5.38. The van der Waals surface area contributed by atoms with Crippen molar-refractivity contribution in [2.75, 3.05) is 5.32 Å². The van der Waals surface area contributed by atoms with Crippen molar-refractivity contribution in [3.8, 4) is 11.6 Å².